The van der Waals surface area contributed by atoms with Gasteiger partial charge in [-0.15, -0.1) is 11.3 Å². The monoisotopic (exact) mass is 339 g/mol. The van der Waals surface area contributed by atoms with E-state index >= 15 is 0 Å². The molecule has 1 aromatic heterocycles. The van der Waals surface area contributed by atoms with Crippen LogP contribution < -0.4 is 9.46 Å². The Bertz CT molecular complexity index is 703. The maximum atomic E-state index is 12.1. The van der Waals surface area contributed by atoms with Gasteiger partial charge in [0.1, 0.15) is 9.96 Å². The van der Waals surface area contributed by atoms with Crippen molar-refractivity contribution >= 4 is 38.6 Å². The summed E-state index contributed by atoms with van der Waals surface area (Å²) >= 11 is 6.57. The Kier molecular flexibility index (Phi) is 4.46. The average molecular weight is 340 g/mol. The van der Waals surface area contributed by atoms with Gasteiger partial charge in [0, 0.05) is 6.07 Å². The quantitative estimate of drug-likeness (QED) is 0.901. The Morgan fingerprint density at radius 2 is 2.00 bits per heavy atom. The molecule has 0 spiro atoms. The van der Waals surface area contributed by atoms with Gasteiger partial charge in [0.05, 0.1) is 10.0 Å². The van der Waals surface area contributed by atoms with Crippen molar-refractivity contribution < 1.29 is 21.9 Å². The van der Waals surface area contributed by atoms with Gasteiger partial charge in [0.25, 0.3) is 10.0 Å². The molecule has 2 aromatic rings. The van der Waals surface area contributed by atoms with Crippen LogP contribution in [0.4, 0.5) is 14.5 Å². The molecule has 20 heavy (non-hydrogen) atoms. The maximum Gasteiger partial charge on any atom is 0.387 e. The normalized spacial score (nSPS) is 11.6. The van der Waals surface area contributed by atoms with Gasteiger partial charge in [-0.1, -0.05) is 17.7 Å². The molecule has 108 valence electrons. The van der Waals surface area contributed by atoms with Gasteiger partial charge in [-0.05, 0) is 24.3 Å². The average Bonchev–Trinajstić information content (AvgIpc) is 2.75. The summed E-state index contributed by atoms with van der Waals surface area (Å²) in [6.07, 6.45) is 0. The minimum absolute atomic E-state index is 0.0303. The van der Waals surface area contributed by atoms with E-state index in [1.807, 2.05) is 0 Å². The van der Waals surface area contributed by atoms with Crippen LogP contribution in [0.15, 0.2) is 40.6 Å². The van der Waals surface area contributed by atoms with Crippen molar-refractivity contribution in [3.63, 3.8) is 0 Å². The molecule has 1 heterocycles. The summed E-state index contributed by atoms with van der Waals surface area (Å²) in [5.74, 6) is -0.135. The zero-order valence-corrected chi connectivity index (χ0v) is 12.1. The second kappa shape index (κ2) is 5.94. The lowest BCUT2D eigenvalue weighted by Crippen LogP contribution is -2.11. The first-order valence-electron chi connectivity index (χ1n) is 5.20. The van der Waals surface area contributed by atoms with Crippen LogP contribution in [0, 0.1) is 0 Å². The third-order valence-electron chi connectivity index (χ3n) is 2.12. The van der Waals surface area contributed by atoms with Crippen LogP contribution in [0.5, 0.6) is 5.75 Å². The van der Waals surface area contributed by atoms with Crippen LogP contribution in [0.3, 0.4) is 0 Å². The summed E-state index contributed by atoms with van der Waals surface area (Å²) in [5.41, 5.74) is 0.118. The molecule has 0 radical (unpaired) electrons. The first-order valence-corrected chi connectivity index (χ1v) is 7.87. The summed E-state index contributed by atoms with van der Waals surface area (Å²) in [6.45, 7) is -2.97. The van der Waals surface area contributed by atoms with Crippen molar-refractivity contribution in [3.05, 3.63) is 40.7 Å². The number of benzene rings is 1. The molecule has 1 aromatic carbocycles. The molecule has 0 aliphatic carbocycles. The molecule has 9 heteroatoms. The van der Waals surface area contributed by atoms with Crippen molar-refractivity contribution in [2.75, 3.05) is 4.72 Å². The lowest BCUT2D eigenvalue weighted by molar-refractivity contribution is -0.0497. The summed E-state index contributed by atoms with van der Waals surface area (Å²) < 4.78 is 55.0. The lowest BCUT2D eigenvalue weighted by Gasteiger charge is -2.08. The Morgan fingerprint density at radius 3 is 2.60 bits per heavy atom. The highest BCUT2D eigenvalue weighted by Gasteiger charge is 2.17. The largest absolute Gasteiger partial charge is 0.435 e. The highest BCUT2D eigenvalue weighted by atomic mass is 35.5. The number of halogens is 3. The van der Waals surface area contributed by atoms with Crippen molar-refractivity contribution in [1.29, 1.82) is 0 Å². The Morgan fingerprint density at radius 1 is 1.25 bits per heavy atom. The fourth-order valence-electron chi connectivity index (χ4n) is 1.38. The summed E-state index contributed by atoms with van der Waals surface area (Å²) in [5, 5.41) is 0. The third kappa shape index (κ3) is 3.81. The lowest BCUT2D eigenvalue weighted by atomic mass is 10.3. The highest BCUT2D eigenvalue weighted by molar-refractivity contribution is 7.94. The van der Waals surface area contributed by atoms with E-state index in [2.05, 4.69) is 9.46 Å². The minimum Gasteiger partial charge on any atom is -0.435 e. The van der Waals surface area contributed by atoms with Gasteiger partial charge in [-0.3, -0.25) is 4.72 Å². The van der Waals surface area contributed by atoms with Crippen molar-refractivity contribution in [1.82, 2.24) is 0 Å². The molecule has 0 saturated carbocycles. The SMILES string of the molecule is O=S(=O)(Nc1cccc(OC(F)F)c1)c1ccc(Cl)s1. The molecule has 0 fully saturated rings. The van der Waals surface area contributed by atoms with E-state index in [1.54, 1.807) is 0 Å². The molecule has 1 N–H and O–H groups in total. The molecule has 0 bridgehead atoms. The predicted molar refractivity (Wildman–Crippen MR) is 73.2 cm³/mol. The predicted octanol–water partition coefficient (Wildman–Crippen LogP) is 3.80. The van der Waals surface area contributed by atoms with Crippen LogP contribution in [0.2, 0.25) is 4.34 Å². The van der Waals surface area contributed by atoms with E-state index in [0.717, 1.165) is 11.3 Å². The Hall–Kier alpha value is -1.38. The van der Waals surface area contributed by atoms with Crippen LogP contribution in [-0.4, -0.2) is 15.0 Å². The number of hydrogen-bond acceptors (Lipinski definition) is 4. The van der Waals surface area contributed by atoms with Crippen molar-refractivity contribution in [2.45, 2.75) is 10.8 Å². The second-order valence-electron chi connectivity index (χ2n) is 3.57. The molecule has 4 nitrogen and oxygen atoms in total. The first kappa shape index (κ1) is 15.0. The standard InChI is InChI=1S/C11H8ClF2NO3S2/c12-9-4-5-10(19-9)20(16,17)15-7-2-1-3-8(6-7)18-11(13)14/h1-6,11,15H. The number of rotatable bonds is 5. The van der Waals surface area contributed by atoms with E-state index in [4.69, 9.17) is 11.6 Å². The van der Waals surface area contributed by atoms with Crippen molar-refractivity contribution in [2.24, 2.45) is 0 Å². The number of nitrogens with one attached hydrogen (secondary N) is 1. The Labute approximate surface area is 123 Å². The van der Waals surface area contributed by atoms with Gasteiger partial charge in [0.15, 0.2) is 0 Å². The van der Waals surface area contributed by atoms with E-state index in [-0.39, 0.29) is 15.6 Å². The molecule has 2 rings (SSSR count). The number of sulfonamides is 1. The van der Waals surface area contributed by atoms with E-state index in [9.17, 15) is 17.2 Å². The van der Waals surface area contributed by atoms with Gasteiger partial charge in [-0.2, -0.15) is 8.78 Å². The van der Waals surface area contributed by atoms with Crippen molar-refractivity contribution in [3.8, 4) is 5.75 Å². The smallest absolute Gasteiger partial charge is 0.387 e. The van der Waals surface area contributed by atoms with Crippen LogP contribution in [0.25, 0.3) is 0 Å². The zero-order valence-electron chi connectivity index (χ0n) is 9.72. The number of ether oxygens (including phenoxy) is 1. The summed E-state index contributed by atoms with van der Waals surface area (Å²) in [4.78, 5) is 0. The number of thiophene rings is 1. The fourth-order valence-corrected chi connectivity index (χ4v) is 3.92. The van der Waals surface area contributed by atoms with Crippen LogP contribution in [0.1, 0.15) is 0 Å². The summed E-state index contributed by atoms with van der Waals surface area (Å²) in [6, 6.07) is 8.10. The molecule has 0 aliphatic heterocycles. The van der Waals surface area contributed by atoms with Gasteiger partial charge >= 0.3 is 6.61 Å². The number of alkyl halides is 2. The molecule has 0 amide bonds. The first-order chi connectivity index (χ1) is 9.37. The number of hydrogen-bond donors (Lipinski definition) is 1. The molecule has 0 unspecified atom stereocenters. The van der Waals surface area contributed by atoms with Gasteiger partial charge in [0.2, 0.25) is 0 Å². The van der Waals surface area contributed by atoms with Crippen LogP contribution in [-0.2, 0) is 10.0 Å². The maximum absolute atomic E-state index is 12.1. The molecular weight excluding hydrogens is 332 g/mol. The Balaban J connectivity index is 2.21. The van der Waals surface area contributed by atoms with Gasteiger partial charge < -0.3 is 4.74 Å². The van der Waals surface area contributed by atoms with Crippen LogP contribution >= 0.6 is 22.9 Å². The third-order valence-corrected chi connectivity index (χ3v) is 5.23. The molecule has 0 atom stereocenters. The van der Waals surface area contributed by atoms with Gasteiger partial charge in [-0.25, -0.2) is 8.42 Å². The topological polar surface area (TPSA) is 55.4 Å². The second-order valence-corrected chi connectivity index (χ2v) is 7.19. The molecular formula is C11H8ClF2NO3S2. The number of anilines is 1. The minimum atomic E-state index is -3.80. The molecule has 0 aliphatic rings. The van der Waals surface area contributed by atoms with E-state index in [0.29, 0.717) is 4.34 Å². The van der Waals surface area contributed by atoms with E-state index < -0.39 is 16.6 Å². The fraction of sp³-hybridized carbons (Fsp3) is 0.0909. The highest BCUT2D eigenvalue weighted by Crippen LogP contribution is 2.28. The van der Waals surface area contributed by atoms with E-state index in [1.165, 1.54) is 36.4 Å². The zero-order chi connectivity index (χ0) is 14.8. The molecule has 0 saturated heterocycles. The summed E-state index contributed by atoms with van der Waals surface area (Å²) in [7, 11) is -3.80.